The van der Waals surface area contributed by atoms with Crippen molar-refractivity contribution in [2.45, 2.75) is 64.1 Å². The van der Waals surface area contributed by atoms with Gasteiger partial charge >= 0.3 is 6.09 Å². The number of hydrogen-bond donors (Lipinski definition) is 2. The Morgan fingerprint density at radius 3 is 2.81 bits per heavy atom. The number of anilines is 2. The zero-order valence-electron chi connectivity index (χ0n) is 16.3. The highest BCUT2D eigenvalue weighted by molar-refractivity contribution is 6.01. The van der Waals surface area contributed by atoms with Gasteiger partial charge in [-0.1, -0.05) is 30.7 Å². The zero-order chi connectivity index (χ0) is 19.4. The summed E-state index contributed by atoms with van der Waals surface area (Å²) >= 11 is 0. The second-order valence-corrected chi connectivity index (χ2v) is 8.14. The van der Waals surface area contributed by atoms with Crippen molar-refractivity contribution in [1.82, 2.24) is 5.32 Å². The van der Waals surface area contributed by atoms with Crippen molar-refractivity contribution in [1.29, 1.82) is 0 Å². The lowest BCUT2D eigenvalue weighted by Gasteiger charge is -2.33. The molecular weight excluding hydrogens is 342 g/mol. The first-order valence-corrected chi connectivity index (χ1v) is 9.66. The highest BCUT2D eigenvalue weighted by Crippen LogP contribution is 2.32. The molecule has 0 radical (unpaired) electrons. The number of carbonyl (C=O) groups is 2. The van der Waals surface area contributed by atoms with Crippen molar-refractivity contribution in [3.05, 3.63) is 36.4 Å². The number of para-hydroxylation sites is 2. The second-order valence-electron chi connectivity index (χ2n) is 8.14. The Kier molecular flexibility index (Phi) is 5.73. The van der Waals surface area contributed by atoms with Gasteiger partial charge in [-0.3, -0.25) is 4.79 Å². The summed E-state index contributed by atoms with van der Waals surface area (Å²) in [6.45, 7) is 5.81. The monoisotopic (exact) mass is 371 g/mol. The summed E-state index contributed by atoms with van der Waals surface area (Å²) in [5, 5.41) is 5.70. The SMILES string of the molecule is CC(C)(C)OC(=O)NC1CN(C2C=CCCCC2)c2ccccc2NC1=O. The van der Waals surface area contributed by atoms with E-state index in [1.54, 1.807) is 20.8 Å². The van der Waals surface area contributed by atoms with E-state index in [4.69, 9.17) is 4.74 Å². The molecule has 2 amide bonds. The molecular formula is C21H29N3O3. The van der Waals surface area contributed by atoms with E-state index in [0.717, 1.165) is 30.6 Å². The summed E-state index contributed by atoms with van der Waals surface area (Å²) in [5.74, 6) is -0.228. The van der Waals surface area contributed by atoms with Crippen molar-refractivity contribution in [3.8, 4) is 0 Å². The predicted molar refractivity (Wildman–Crippen MR) is 107 cm³/mol. The van der Waals surface area contributed by atoms with Crippen LogP contribution in [-0.4, -0.2) is 36.2 Å². The van der Waals surface area contributed by atoms with Crippen molar-refractivity contribution in [2.24, 2.45) is 0 Å². The van der Waals surface area contributed by atoms with Gasteiger partial charge in [-0.05, 0) is 52.2 Å². The van der Waals surface area contributed by atoms with Crippen LogP contribution in [0.1, 0.15) is 46.5 Å². The first kappa shape index (κ1) is 19.3. The molecule has 0 saturated carbocycles. The van der Waals surface area contributed by atoms with Crippen LogP contribution >= 0.6 is 0 Å². The Hall–Kier alpha value is -2.50. The summed E-state index contributed by atoms with van der Waals surface area (Å²) in [6.07, 6.45) is 8.30. The van der Waals surface area contributed by atoms with E-state index >= 15 is 0 Å². The van der Waals surface area contributed by atoms with Gasteiger partial charge in [0, 0.05) is 12.6 Å². The van der Waals surface area contributed by atoms with Crippen molar-refractivity contribution in [3.63, 3.8) is 0 Å². The molecule has 1 aromatic rings. The third-order valence-electron chi connectivity index (χ3n) is 4.74. The molecule has 6 heteroatoms. The molecule has 27 heavy (non-hydrogen) atoms. The number of hydrogen-bond acceptors (Lipinski definition) is 4. The van der Waals surface area contributed by atoms with Crippen molar-refractivity contribution in [2.75, 3.05) is 16.8 Å². The van der Waals surface area contributed by atoms with Gasteiger partial charge in [-0.2, -0.15) is 0 Å². The van der Waals surface area contributed by atoms with Crippen molar-refractivity contribution < 1.29 is 14.3 Å². The summed E-state index contributed by atoms with van der Waals surface area (Å²) in [7, 11) is 0. The van der Waals surface area contributed by atoms with E-state index in [0.29, 0.717) is 6.54 Å². The van der Waals surface area contributed by atoms with Crippen LogP contribution in [0.5, 0.6) is 0 Å². The lowest BCUT2D eigenvalue weighted by atomic mass is 10.1. The summed E-state index contributed by atoms with van der Waals surface area (Å²) in [6, 6.07) is 7.30. The zero-order valence-corrected chi connectivity index (χ0v) is 16.3. The van der Waals surface area contributed by atoms with E-state index < -0.39 is 17.7 Å². The maximum atomic E-state index is 12.7. The lowest BCUT2D eigenvalue weighted by Crippen LogP contribution is -2.52. The minimum absolute atomic E-state index is 0.198. The number of allylic oxidation sites excluding steroid dienone is 1. The Morgan fingerprint density at radius 2 is 2.04 bits per heavy atom. The second kappa shape index (κ2) is 8.03. The van der Waals surface area contributed by atoms with Crippen LogP contribution in [0, 0.1) is 0 Å². The van der Waals surface area contributed by atoms with Gasteiger partial charge in [-0.25, -0.2) is 4.79 Å². The van der Waals surface area contributed by atoms with E-state index in [1.165, 1.54) is 6.42 Å². The quantitative estimate of drug-likeness (QED) is 0.775. The van der Waals surface area contributed by atoms with E-state index in [9.17, 15) is 9.59 Å². The molecule has 2 aliphatic rings. The molecule has 146 valence electrons. The molecule has 2 atom stereocenters. The Bertz CT molecular complexity index is 724. The number of benzene rings is 1. The third kappa shape index (κ3) is 5.02. The number of rotatable bonds is 2. The van der Waals surface area contributed by atoms with Crippen LogP contribution in [0.15, 0.2) is 36.4 Å². The Balaban J connectivity index is 1.86. The molecule has 3 rings (SSSR count). The van der Waals surface area contributed by atoms with Crippen LogP contribution in [0.25, 0.3) is 0 Å². The highest BCUT2D eigenvalue weighted by atomic mass is 16.6. The van der Waals surface area contributed by atoms with E-state index in [2.05, 4.69) is 27.7 Å². The van der Waals surface area contributed by atoms with Crippen molar-refractivity contribution >= 4 is 23.4 Å². The minimum atomic E-state index is -0.691. The van der Waals surface area contributed by atoms with Crippen LogP contribution in [0.3, 0.4) is 0 Å². The maximum Gasteiger partial charge on any atom is 0.408 e. The summed E-state index contributed by atoms with van der Waals surface area (Å²) < 4.78 is 5.34. The van der Waals surface area contributed by atoms with Crippen LogP contribution in [0.2, 0.25) is 0 Å². The fraction of sp³-hybridized carbons (Fsp3) is 0.524. The van der Waals surface area contributed by atoms with Crippen LogP contribution in [0.4, 0.5) is 16.2 Å². The Morgan fingerprint density at radius 1 is 1.26 bits per heavy atom. The largest absolute Gasteiger partial charge is 0.444 e. The molecule has 1 heterocycles. The van der Waals surface area contributed by atoms with Crippen LogP contribution < -0.4 is 15.5 Å². The average Bonchev–Trinajstić information content (AvgIpc) is 2.92. The standard InChI is InChI=1S/C21H29N3O3/c1-21(2,3)27-20(26)23-17-14-24(15-10-6-4-5-7-11-15)18-13-9-8-12-16(18)22-19(17)25/h6,8-10,12-13,15,17H,4-5,7,11,14H2,1-3H3,(H,22,25)(H,23,26). The normalized spacial score (nSPS) is 22.9. The first-order valence-electron chi connectivity index (χ1n) is 9.66. The molecule has 0 bridgehead atoms. The molecule has 0 fully saturated rings. The predicted octanol–water partition coefficient (Wildman–Crippen LogP) is 3.84. The smallest absolute Gasteiger partial charge is 0.408 e. The number of carbonyl (C=O) groups excluding carboxylic acids is 2. The van der Waals surface area contributed by atoms with Gasteiger partial charge in [0.15, 0.2) is 0 Å². The molecule has 0 aromatic heterocycles. The van der Waals surface area contributed by atoms with Gasteiger partial charge in [0.05, 0.1) is 11.4 Å². The number of alkyl carbamates (subject to hydrolysis) is 1. The van der Waals surface area contributed by atoms with Gasteiger partial charge in [0.2, 0.25) is 5.91 Å². The maximum absolute atomic E-state index is 12.7. The number of ether oxygens (including phenoxy) is 1. The number of amides is 2. The summed E-state index contributed by atoms with van der Waals surface area (Å²) in [4.78, 5) is 27.2. The fourth-order valence-corrected chi connectivity index (χ4v) is 3.53. The molecule has 2 unspecified atom stereocenters. The molecule has 1 aromatic carbocycles. The highest BCUT2D eigenvalue weighted by Gasteiger charge is 2.33. The van der Waals surface area contributed by atoms with E-state index in [-0.39, 0.29) is 11.9 Å². The van der Waals surface area contributed by atoms with Gasteiger partial charge in [0.25, 0.3) is 0 Å². The van der Waals surface area contributed by atoms with Gasteiger partial charge in [-0.15, -0.1) is 0 Å². The molecule has 6 nitrogen and oxygen atoms in total. The third-order valence-corrected chi connectivity index (χ3v) is 4.74. The van der Waals surface area contributed by atoms with Crippen LogP contribution in [-0.2, 0) is 9.53 Å². The topological polar surface area (TPSA) is 70.7 Å². The minimum Gasteiger partial charge on any atom is -0.444 e. The number of nitrogens with zero attached hydrogens (tertiary/aromatic N) is 1. The molecule has 0 spiro atoms. The molecule has 1 aliphatic heterocycles. The van der Waals surface area contributed by atoms with E-state index in [1.807, 2.05) is 24.3 Å². The number of fused-ring (bicyclic) bond motifs is 1. The molecule has 0 saturated heterocycles. The van der Waals surface area contributed by atoms with Gasteiger partial charge < -0.3 is 20.3 Å². The fourth-order valence-electron chi connectivity index (χ4n) is 3.53. The summed E-state index contributed by atoms with van der Waals surface area (Å²) in [5.41, 5.74) is 1.14. The number of nitrogens with one attached hydrogen (secondary N) is 2. The molecule has 1 aliphatic carbocycles. The Labute approximate surface area is 161 Å². The lowest BCUT2D eigenvalue weighted by molar-refractivity contribution is -0.117. The molecule has 2 N–H and O–H groups in total. The first-order chi connectivity index (χ1) is 12.8. The van der Waals surface area contributed by atoms with Gasteiger partial charge in [0.1, 0.15) is 11.6 Å². The average molecular weight is 371 g/mol.